The van der Waals surface area contributed by atoms with E-state index in [0.29, 0.717) is 11.7 Å². The van der Waals surface area contributed by atoms with Crippen molar-refractivity contribution in [2.45, 2.75) is 20.3 Å². The summed E-state index contributed by atoms with van der Waals surface area (Å²) in [4.78, 5) is 30.3. The zero-order chi connectivity index (χ0) is 15.7. The molecule has 114 valence electrons. The number of aryl methyl sites for hydroxylation is 2. The van der Waals surface area contributed by atoms with Crippen molar-refractivity contribution in [3.05, 3.63) is 40.9 Å². The van der Waals surface area contributed by atoms with Crippen molar-refractivity contribution in [1.82, 2.24) is 4.98 Å². The van der Waals surface area contributed by atoms with Crippen molar-refractivity contribution in [3.8, 4) is 0 Å². The van der Waals surface area contributed by atoms with Crippen LogP contribution >= 0.6 is 11.3 Å². The summed E-state index contributed by atoms with van der Waals surface area (Å²) in [5, 5.41) is 5.15. The van der Waals surface area contributed by atoms with Gasteiger partial charge in [0.15, 0.2) is 5.13 Å². The third kappa shape index (κ3) is 2.87. The molecular formula is C16H17N3O2S. The Morgan fingerprint density at radius 3 is 2.95 bits per heavy atom. The van der Waals surface area contributed by atoms with E-state index in [1.54, 1.807) is 16.5 Å². The van der Waals surface area contributed by atoms with Crippen LogP contribution in [0, 0.1) is 19.8 Å². The maximum Gasteiger partial charge on any atom is 0.231 e. The van der Waals surface area contributed by atoms with Crippen molar-refractivity contribution in [2.75, 3.05) is 16.8 Å². The molecule has 0 unspecified atom stereocenters. The van der Waals surface area contributed by atoms with Crippen molar-refractivity contribution in [3.63, 3.8) is 0 Å². The molecule has 1 aliphatic rings. The van der Waals surface area contributed by atoms with Gasteiger partial charge in [-0.2, -0.15) is 0 Å². The lowest BCUT2D eigenvalue weighted by molar-refractivity contribution is -0.122. The number of hydrogen-bond donors (Lipinski definition) is 1. The number of thiazole rings is 1. The number of amides is 2. The highest BCUT2D eigenvalue weighted by Crippen LogP contribution is 2.29. The van der Waals surface area contributed by atoms with Crippen LogP contribution in [0.4, 0.5) is 10.8 Å². The number of carbonyl (C=O) groups excluding carboxylic acids is 2. The topological polar surface area (TPSA) is 62.3 Å². The third-order valence-corrected chi connectivity index (χ3v) is 4.50. The fourth-order valence-electron chi connectivity index (χ4n) is 2.62. The quantitative estimate of drug-likeness (QED) is 0.947. The molecule has 0 saturated carbocycles. The summed E-state index contributed by atoms with van der Waals surface area (Å²) in [6, 6.07) is 6.02. The smallest absolute Gasteiger partial charge is 0.231 e. The molecule has 3 rings (SSSR count). The Kier molecular flexibility index (Phi) is 3.94. The average Bonchev–Trinajstić information content (AvgIpc) is 3.11. The second kappa shape index (κ2) is 5.88. The van der Waals surface area contributed by atoms with Gasteiger partial charge in [0.2, 0.25) is 11.8 Å². The van der Waals surface area contributed by atoms with E-state index in [1.165, 1.54) is 11.3 Å². The first-order valence-corrected chi connectivity index (χ1v) is 8.00. The Balaban J connectivity index is 1.75. The Morgan fingerprint density at radius 1 is 1.41 bits per heavy atom. The highest BCUT2D eigenvalue weighted by atomic mass is 32.1. The summed E-state index contributed by atoms with van der Waals surface area (Å²) in [5.74, 6) is -0.486. The van der Waals surface area contributed by atoms with Crippen LogP contribution in [0.25, 0.3) is 0 Å². The molecule has 6 heteroatoms. The van der Waals surface area contributed by atoms with Gasteiger partial charge < -0.3 is 10.2 Å². The van der Waals surface area contributed by atoms with Crippen molar-refractivity contribution in [1.29, 1.82) is 0 Å². The second-order valence-corrected chi connectivity index (χ2v) is 6.42. The molecule has 2 aromatic rings. The Bertz CT molecular complexity index is 712. The first-order chi connectivity index (χ1) is 10.5. The summed E-state index contributed by atoms with van der Waals surface area (Å²) < 4.78 is 0. The van der Waals surface area contributed by atoms with Crippen molar-refractivity contribution in [2.24, 2.45) is 5.92 Å². The van der Waals surface area contributed by atoms with E-state index in [4.69, 9.17) is 0 Å². The Hall–Kier alpha value is -2.21. The summed E-state index contributed by atoms with van der Waals surface area (Å²) in [5.41, 5.74) is 3.04. The van der Waals surface area contributed by atoms with Crippen LogP contribution in [0.5, 0.6) is 0 Å². The van der Waals surface area contributed by atoms with Crippen molar-refractivity contribution >= 4 is 34.0 Å². The molecule has 2 heterocycles. The van der Waals surface area contributed by atoms with E-state index in [0.717, 1.165) is 16.8 Å². The molecule has 22 heavy (non-hydrogen) atoms. The maximum absolute atomic E-state index is 12.3. The third-order valence-electron chi connectivity index (χ3n) is 3.81. The molecule has 1 fully saturated rings. The normalized spacial score (nSPS) is 17.8. The van der Waals surface area contributed by atoms with Gasteiger partial charge in [-0.3, -0.25) is 9.59 Å². The fraction of sp³-hybridized carbons (Fsp3) is 0.312. The number of benzene rings is 1. The molecule has 0 radical (unpaired) electrons. The fourth-order valence-corrected chi connectivity index (χ4v) is 3.15. The first kappa shape index (κ1) is 14.7. The van der Waals surface area contributed by atoms with Crippen LogP contribution in [0.3, 0.4) is 0 Å². The second-order valence-electron chi connectivity index (χ2n) is 5.52. The highest BCUT2D eigenvalue weighted by Gasteiger charge is 2.35. The monoisotopic (exact) mass is 315 g/mol. The zero-order valence-corrected chi connectivity index (χ0v) is 13.3. The minimum atomic E-state index is -0.337. The van der Waals surface area contributed by atoms with E-state index in [9.17, 15) is 9.59 Å². The van der Waals surface area contributed by atoms with Gasteiger partial charge in [0.1, 0.15) is 0 Å². The van der Waals surface area contributed by atoms with Gasteiger partial charge in [0.05, 0.1) is 5.92 Å². The number of rotatable bonds is 3. The lowest BCUT2D eigenvalue weighted by Crippen LogP contribution is -2.28. The number of anilines is 2. The summed E-state index contributed by atoms with van der Waals surface area (Å²) in [7, 11) is 0. The van der Waals surface area contributed by atoms with Crippen LogP contribution in [0.15, 0.2) is 29.8 Å². The molecule has 1 N–H and O–H groups in total. The lowest BCUT2D eigenvalue weighted by Gasteiger charge is -2.19. The van der Waals surface area contributed by atoms with E-state index in [2.05, 4.69) is 10.3 Å². The number of aromatic nitrogens is 1. The average molecular weight is 315 g/mol. The van der Waals surface area contributed by atoms with E-state index in [1.807, 2.05) is 32.0 Å². The van der Waals surface area contributed by atoms with Crippen LogP contribution < -0.4 is 10.2 Å². The van der Waals surface area contributed by atoms with E-state index < -0.39 is 0 Å². The lowest BCUT2D eigenvalue weighted by atomic mass is 10.1. The van der Waals surface area contributed by atoms with Crippen molar-refractivity contribution < 1.29 is 9.59 Å². The summed E-state index contributed by atoms with van der Waals surface area (Å²) in [6.07, 6.45) is 1.88. The molecule has 1 aromatic carbocycles. The molecule has 1 aromatic heterocycles. The largest absolute Gasteiger partial charge is 0.311 e. The van der Waals surface area contributed by atoms with Gasteiger partial charge in [-0.05, 0) is 31.0 Å². The number of carbonyl (C=O) groups is 2. The first-order valence-electron chi connectivity index (χ1n) is 7.12. The van der Waals surface area contributed by atoms with Gasteiger partial charge in [-0.15, -0.1) is 11.3 Å². The van der Waals surface area contributed by atoms with E-state index >= 15 is 0 Å². The number of hydrogen-bond acceptors (Lipinski definition) is 4. The molecular weight excluding hydrogens is 298 g/mol. The maximum atomic E-state index is 12.3. The predicted octanol–water partition coefficient (Wildman–Crippen LogP) is 2.75. The minimum absolute atomic E-state index is 0.00649. The Labute approximate surface area is 133 Å². The minimum Gasteiger partial charge on any atom is -0.311 e. The van der Waals surface area contributed by atoms with Crippen LogP contribution in [0.1, 0.15) is 17.5 Å². The van der Waals surface area contributed by atoms with Crippen LogP contribution in [-0.4, -0.2) is 23.3 Å². The van der Waals surface area contributed by atoms with Gasteiger partial charge in [0, 0.05) is 30.2 Å². The molecule has 0 bridgehead atoms. The number of nitrogens with zero attached hydrogens (tertiary/aromatic N) is 2. The standard InChI is InChI=1S/C16H17N3O2S/c1-10-3-4-11(2)13(7-10)19-9-12(8-14(19)20)15(21)18-16-17-5-6-22-16/h3-7,12H,8-9H2,1-2H3,(H,17,18,21)/t12-/m1/s1. The van der Waals surface area contributed by atoms with Gasteiger partial charge in [-0.1, -0.05) is 12.1 Å². The zero-order valence-electron chi connectivity index (χ0n) is 12.5. The Morgan fingerprint density at radius 2 is 2.23 bits per heavy atom. The van der Waals surface area contributed by atoms with Crippen LogP contribution in [0.2, 0.25) is 0 Å². The molecule has 0 aliphatic carbocycles. The molecule has 1 aliphatic heterocycles. The van der Waals surface area contributed by atoms with E-state index in [-0.39, 0.29) is 24.2 Å². The predicted molar refractivity (Wildman–Crippen MR) is 87.1 cm³/mol. The molecule has 1 atom stereocenters. The van der Waals surface area contributed by atoms with Gasteiger partial charge >= 0.3 is 0 Å². The summed E-state index contributed by atoms with van der Waals surface area (Å²) >= 11 is 1.37. The molecule has 0 spiro atoms. The van der Waals surface area contributed by atoms with Gasteiger partial charge in [-0.25, -0.2) is 4.98 Å². The number of nitrogens with one attached hydrogen (secondary N) is 1. The molecule has 2 amide bonds. The van der Waals surface area contributed by atoms with Crippen LogP contribution in [-0.2, 0) is 9.59 Å². The summed E-state index contributed by atoms with van der Waals surface area (Å²) in [6.45, 7) is 4.39. The molecule has 5 nitrogen and oxygen atoms in total. The SMILES string of the molecule is Cc1ccc(C)c(N2C[C@H](C(=O)Nc3nccs3)CC2=O)c1. The van der Waals surface area contributed by atoms with Gasteiger partial charge in [0.25, 0.3) is 0 Å². The highest BCUT2D eigenvalue weighted by molar-refractivity contribution is 7.13. The molecule has 1 saturated heterocycles.